The molecule has 0 radical (unpaired) electrons. The van der Waals surface area contributed by atoms with E-state index >= 15 is 0 Å². The predicted molar refractivity (Wildman–Crippen MR) is 150 cm³/mol. The lowest BCUT2D eigenvalue weighted by Crippen LogP contribution is -2.32. The Kier molecular flexibility index (Phi) is 8.91. The molecular weight excluding hydrogens is 572 g/mol. The molecule has 43 heavy (non-hydrogen) atoms. The number of tetrazole rings is 1. The van der Waals surface area contributed by atoms with Crippen molar-refractivity contribution >= 4 is 16.7 Å². The quantitative estimate of drug-likeness (QED) is 0.188. The molecular formula is C30H33F6N7. The number of rotatable bonds is 10. The smallest absolute Gasteiger partial charge is 0.356 e. The van der Waals surface area contributed by atoms with Crippen molar-refractivity contribution in [1.82, 2.24) is 30.5 Å². The van der Waals surface area contributed by atoms with Crippen molar-refractivity contribution in [3.05, 3.63) is 76.6 Å². The molecule has 2 aromatic heterocycles. The highest BCUT2D eigenvalue weighted by atomic mass is 19.4. The minimum Gasteiger partial charge on any atom is -0.356 e. The Hall–Kier alpha value is -3.74. The zero-order valence-electron chi connectivity index (χ0n) is 23.9. The van der Waals surface area contributed by atoms with E-state index in [0.29, 0.717) is 12.5 Å². The first-order valence-corrected chi connectivity index (χ1v) is 14.3. The topological polar surface area (TPSA) is 73.8 Å². The van der Waals surface area contributed by atoms with E-state index in [4.69, 9.17) is 4.98 Å². The van der Waals surface area contributed by atoms with Crippen LogP contribution in [0.1, 0.15) is 73.7 Å². The SMILES string of the molecule is CCN(CC1CCCC1)c1nc2ccccc2cc1CN(Cc1cc(C(F)(F)F)cc(C(F)(F)F)c1)C(C)c1nn[nH]n1. The first kappa shape index (κ1) is 30.7. The van der Waals surface area contributed by atoms with E-state index in [1.807, 2.05) is 30.3 Å². The van der Waals surface area contributed by atoms with Gasteiger partial charge in [-0.1, -0.05) is 36.3 Å². The Balaban J connectivity index is 1.58. The number of pyridine rings is 1. The van der Waals surface area contributed by atoms with Crippen LogP contribution in [0.5, 0.6) is 0 Å². The molecule has 0 aliphatic heterocycles. The van der Waals surface area contributed by atoms with Gasteiger partial charge in [0.05, 0.1) is 22.7 Å². The molecule has 230 valence electrons. The van der Waals surface area contributed by atoms with Crippen LogP contribution in [0, 0.1) is 5.92 Å². The summed E-state index contributed by atoms with van der Waals surface area (Å²) in [7, 11) is 0. The van der Waals surface area contributed by atoms with Crippen molar-refractivity contribution in [3.8, 4) is 0 Å². The van der Waals surface area contributed by atoms with Gasteiger partial charge in [-0.05, 0) is 68.5 Å². The summed E-state index contributed by atoms with van der Waals surface area (Å²) in [5.41, 5.74) is -1.24. The Morgan fingerprint density at radius 3 is 2.21 bits per heavy atom. The number of anilines is 1. The van der Waals surface area contributed by atoms with Gasteiger partial charge in [0.25, 0.3) is 0 Å². The maximum atomic E-state index is 13.7. The fourth-order valence-corrected chi connectivity index (χ4v) is 5.81. The van der Waals surface area contributed by atoms with Crippen LogP contribution in [-0.4, -0.2) is 43.6 Å². The van der Waals surface area contributed by atoms with Gasteiger partial charge in [0.2, 0.25) is 0 Å². The van der Waals surface area contributed by atoms with Crippen molar-refractivity contribution in [2.75, 3.05) is 18.0 Å². The Labute approximate surface area is 245 Å². The maximum absolute atomic E-state index is 13.7. The lowest BCUT2D eigenvalue weighted by atomic mass is 10.0. The van der Waals surface area contributed by atoms with Crippen LogP contribution in [0.15, 0.2) is 48.5 Å². The molecule has 1 atom stereocenters. The predicted octanol–water partition coefficient (Wildman–Crippen LogP) is 7.57. The Morgan fingerprint density at radius 2 is 1.60 bits per heavy atom. The number of aromatic amines is 1. The third-order valence-corrected chi connectivity index (χ3v) is 8.10. The number of hydrogen-bond acceptors (Lipinski definition) is 6. The van der Waals surface area contributed by atoms with E-state index in [9.17, 15) is 26.3 Å². The van der Waals surface area contributed by atoms with Crippen LogP contribution >= 0.6 is 0 Å². The standard InChI is InChI=1S/C30H33F6N7/c1-3-42(16-20-8-4-5-9-20)28-23(14-22-10-6-7-11-26(22)37-28)18-43(19(2)27-38-40-41-39-27)17-21-12-24(29(31,32)33)15-25(13-21)30(34,35)36/h6-7,10-15,19-20H,3-5,8-9,16-18H2,1-2H3,(H,38,39,40,41). The normalized spacial score (nSPS) is 15.5. The first-order chi connectivity index (χ1) is 20.4. The number of alkyl halides is 6. The average Bonchev–Trinajstić information content (AvgIpc) is 3.69. The molecule has 0 bridgehead atoms. The summed E-state index contributed by atoms with van der Waals surface area (Å²) in [6.45, 7) is 5.24. The summed E-state index contributed by atoms with van der Waals surface area (Å²) < 4.78 is 82.0. The number of hydrogen-bond donors (Lipinski definition) is 1. The Bertz CT molecular complexity index is 1480. The largest absolute Gasteiger partial charge is 0.416 e. The molecule has 1 aliphatic rings. The molecule has 4 aromatic rings. The Morgan fingerprint density at radius 1 is 0.930 bits per heavy atom. The molecule has 0 spiro atoms. The number of aromatic nitrogens is 5. The molecule has 1 saturated carbocycles. The second-order valence-electron chi connectivity index (χ2n) is 11.1. The van der Waals surface area contributed by atoms with Crippen LogP contribution in [-0.2, 0) is 25.4 Å². The maximum Gasteiger partial charge on any atom is 0.416 e. The van der Waals surface area contributed by atoms with Crippen LogP contribution in [0.3, 0.4) is 0 Å². The van der Waals surface area contributed by atoms with E-state index in [1.54, 1.807) is 11.8 Å². The van der Waals surface area contributed by atoms with Crippen LogP contribution in [0.2, 0.25) is 0 Å². The van der Waals surface area contributed by atoms with Gasteiger partial charge in [0, 0.05) is 37.1 Å². The summed E-state index contributed by atoms with van der Waals surface area (Å²) in [4.78, 5) is 8.99. The van der Waals surface area contributed by atoms with Gasteiger partial charge in [-0.25, -0.2) is 4.98 Å². The second-order valence-corrected chi connectivity index (χ2v) is 11.1. The van der Waals surface area contributed by atoms with Gasteiger partial charge in [-0.2, -0.15) is 31.6 Å². The van der Waals surface area contributed by atoms with Gasteiger partial charge < -0.3 is 4.90 Å². The van der Waals surface area contributed by atoms with Gasteiger partial charge in [-0.3, -0.25) is 4.90 Å². The molecule has 1 unspecified atom stereocenters. The number of fused-ring (bicyclic) bond motifs is 1. The second kappa shape index (κ2) is 12.5. The zero-order valence-corrected chi connectivity index (χ0v) is 23.9. The molecule has 2 heterocycles. The van der Waals surface area contributed by atoms with E-state index in [0.717, 1.165) is 53.8 Å². The number of benzene rings is 2. The monoisotopic (exact) mass is 605 g/mol. The third kappa shape index (κ3) is 7.26. The number of nitrogens with one attached hydrogen (secondary N) is 1. The highest BCUT2D eigenvalue weighted by molar-refractivity contribution is 5.81. The number of halogens is 6. The van der Waals surface area contributed by atoms with Crippen molar-refractivity contribution in [2.24, 2.45) is 5.92 Å². The first-order valence-electron chi connectivity index (χ1n) is 14.3. The van der Waals surface area contributed by atoms with E-state index in [-0.39, 0.29) is 30.5 Å². The minimum absolute atomic E-state index is 0.133. The summed E-state index contributed by atoms with van der Waals surface area (Å²) >= 11 is 0. The van der Waals surface area contributed by atoms with E-state index < -0.39 is 29.5 Å². The summed E-state index contributed by atoms with van der Waals surface area (Å²) in [5.74, 6) is 1.54. The summed E-state index contributed by atoms with van der Waals surface area (Å²) in [6, 6.07) is 10.7. The molecule has 2 aromatic carbocycles. The fraction of sp³-hybridized carbons (Fsp3) is 0.467. The average molecular weight is 606 g/mol. The van der Waals surface area contributed by atoms with E-state index in [1.165, 1.54) is 12.8 Å². The molecule has 0 saturated heterocycles. The lowest BCUT2D eigenvalue weighted by molar-refractivity contribution is -0.143. The number of nitrogens with zero attached hydrogens (tertiary/aromatic N) is 6. The van der Waals surface area contributed by atoms with Crippen molar-refractivity contribution in [1.29, 1.82) is 0 Å². The fourth-order valence-electron chi connectivity index (χ4n) is 5.81. The van der Waals surface area contributed by atoms with Gasteiger partial charge in [0.15, 0.2) is 5.82 Å². The van der Waals surface area contributed by atoms with Crippen LogP contribution < -0.4 is 4.90 Å². The van der Waals surface area contributed by atoms with Crippen LogP contribution in [0.4, 0.5) is 32.2 Å². The van der Waals surface area contributed by atoms with Crippen LogP contribution in [0.25, 0.3) is 10.9 Å². The summed E-state index contributed by atoms with van der Waals surface area (Å²) in [6.07, 6.45) is -5.25. The van der Waals surface area contributed by atoms with Crippen molar-refractivity contribution < 1.29 is 26.3 Å². The van der Waals surface area contributed by atoms with Gasteiger partial charge in [0.1, 0.15) is 5.82 Å². The zero-order chi connectivity index (χ0) is 30.8. The van der Waals surface area contributed by atoms with Crippen molar-refractivity contribution in [3.63, 3.8) is 0 Å². The molecule has 5 rings (SSSR count). The molecule has 1 N–H and O–H groups in total. The third-order valence-electron chi connectivity index (χ3n) is 8.10. The van der Waals surface area contributed by atoms with Crippen molar-refractivity contribution in [2.45, 2.75) is 71.0 Å². The lowest BCUT2D eigenvalue weighted by Gasteiger charge is -2.32. The highest BCUT2D eigenvalue weighted by Crippen LogP contribution is 2.38. The molecule has 0 amide bonds. The molecule has 1 aliphatic carbocycles. The molecule has 13 heteroatoms. The molecule has 7 nitrogen and oxygen atoms in total. The van der Waals surface area contributed by atoms with Gasteiger partial charge in [-0.15, -0.1) is 10.2 Å². The summed E-state index contributed by atoms with van der Waals surface area (Å²) in [5, 5.41) is 15.0. The van der Waals surface area contributed by atoms with Gasteiger partial charge >= 0.3 is 12.4 Å². The minimum atomic E-state index is -4.95. The van der Waals surface area contributed by atoms with E-state index in [2.05, 4.69) is 32.4 Å². The highest BCUT2D eigenvalue weighted by Gasteiger charge is 2.37. The number of para-hydroxylation sites is 1. The number of H-pyrrole nitrogens is 1. The molecule has 1 fully saturated rings.